The number of pyridine rings is 1. The van der Waals surface area contributed by atoms with Crippen LogP contribution in [0, 0.1) is 5.82 Å². The number of carbonyl (C=O) groups is 2. The van der Waals surface area contributed by atoms with Crippen molar-refractivity contribution in [3.8, 4) is 11.5 Å². The average molecular weight is 470 g/mol. The van der Waals surface area contributed by atoms with Crippen molar-refractivity contribution >= 4 is 35.0 Å². The fourth-order valence-corrected chi connectivity index (χ4v) is 2.70. The molecule has 0 bridgehead atoms. The predicted molar refractivity (Wildman–Crippen MR) is 107 cm³/mol. The molecule has 1 heterocycles. The Kier molecular flexibility index (Phi) is 6.49. The number of hydrogen-bond acceptors (Lipinski definition) is 4. The van der Waals surface area contributed by atoms with Crippen molar-refractivity contribution in [2.24, 2.45) is 0 Å². The van der Waals surface area contributed by atoms with Gasteiger partial charge in [-0.3, -0.25) is 0 Å². The molecule has 0 aliphatic rings. The van der Waals surface area contributed by atoms with Gasteiger partial charge in [-0.15, -0.1) is 0 Å². The summed E-state index contributed by atoms with van der Waals surface area (Å²) in [7, 11) is 0. The molecule has 0 fully saturated rings. The largest absolute Gasteiger partial charge is 0.477 e. The monoisotopic (exact) mass is 469 g/mol. The summed E-state index contributed by atoms with van der Waals surface area (Å²) in [4.78, 5) is 26.6. The maximum atomic E-state index is 14.4. The number of amides is 2. The molecule has 0 aliphatic carbocycles. The van der Waals surface area contributed by atoms with Crippen molar-refractivity contribution in [1.29, 1.82) is 0 Å². The van der Waals surface area contributed by atoms with Gasteiger partial charge in [-0.2, -0.15) is 13.2 Å². The number of nitrogens with one attached hydrogen (secondary N) is 2. The highest BCUT2D eigenvalue weighted by Gasteiger charge is 2.34. The Morgan fingerprint density at radius 3 is 2.28 bits per heavy atom. The number of carboxylic acids is 1. The summed E-state index contributed by atoms with van der Waals surface area (Å²) in [5.74, 6) is -2.16. The van der Waals surface area contributed by atoms with Gasteiger partial charge < -0.3 is 20.5 Å². The number of aromatic carboxylic acids is 1. The first kappa shape index (κ1) is 22.8. The molecule has 0 aliphatic heterocycles. The summed E-state index contributed by atoms with van der Waals surface area (Å²) in [6, 6.07) is 7.44. The third-order valence-corrected chi connectivity index (χ3v) is 4.15. The lowest BCUT2D eigenvalue weighted by atomic mass is 10.1. The van der Waals surface area contributed by atoms with E-state index in [1.54, 1.807) is 0 Å². The van der Waals surface area contributed by atoms with Gasteiger partial charge in [0, 0.05) is 23.4 Å². The van der Waals surface area contributed by atoms with Crippen molar-refractivity contribution in [2.45, 2.75) is 6.18 Å². The molecule has 166 valence electrons. The quantitative estimate of drug-likeness (QED) is 0.396. The minimum Gasteiger partial charge on any atom is -0.477 e. The van der Waals surface area contributed by atoms with Crippen LogP contribution in [0.1, 0.15) is 16.1 Å². The van der Waals surface area contributed by atoms with E-state index in [1.165, 1.54) is 18.3 Å². The molecule has 0 unspecified atom stereocenters. The van der Waals surface area contributed by atoms with Crippen LogP contribution in [0.2, 0.25) is 5.02 Å². The van der Waals surface area contributed by atoms with Gasteiger partial charge in [-0.05, 0) is 36.4 Å². The van der Waals surface area contributed by atoms with E-state index in [2.05, 4.69) is 10.3 Å². The molecule has 12 heteroatoms. The molecule has 32 heavy (non-hydrogen) atoms. The van der Waals surface area contributed by atoms with Gasteiger partial charge in [0.15, 0.2) is 5.69 Å². The van der Waals surface area contributed by atoms with Crippen LogP contribution >= 0.6 is 11.6 Å². The highest BCUT2D eigenvalue weighted by Crippen LogP contribution is 2.36. The predicted octanol–water partition coefficient (Wildman–Crippen LogP) is 6.03. The number of alkyl halides is 3. The van der Waals surface area contributed by atoms with Gasteiger partial charge in [0.2, 0.25) is 0 Å². The highest BCUT2D eigenvalue weighted by molar-refractivity contribution is 6.30. The molecule has 0 saturated heterocycles. The molecule has 1 aromatic heterocycles. The summed E-state index contributed by atoms with van der Waals surface area (Å²) in [5.41, 5.74) is -2.34. The van der Waals surface area contributed by atoms with E-state index in [-0.39, 0.29) is 27.9 Å². The Balaban J connectivity index is 1.72. The molecule has 0 spiro atoms. The van der Waals surface area contributed by atoms with Crippen LogP contribution in [0.4, 0.5) is 33.7 Å². The Morgan fingerprint density at radius 2 is 1.62 bits per heavy atom. The number of benzene rings is 2. The van der Waals surface area contributed by atoms with Crippen LogP contribution in [-0.2, 0) is 6.18 Å². The second-order valence-corrected chi connectivity index (χ2v) is 6.63. The highest BCUT2D eigenvalue weighted by atomic mass is 35.5. The van der Waals surface area contributed by atoms with Crippen molar-refractivity contribution in [1.82, 2.24) is 4.98 Å². The number of carbonyl (C=O) groups excluding carboxylic acids is 1. The lowest BCUT2D eigenvalue weighted by Crippen LogP contribution is -2.22. The van der Waals surface area contributed by atoms with Crippen LogP contribution in [-0.4, -0.2) is 22.1 Å². The molecule has 2 amide bonds. The maximum absolute atomic E-state index is 14.4. The first-order valence-corrected chi connectivity index (χ1v) is 9.02. The van der Waals surface area contributed by atoms with E-state index in [0.717, 1.165) is 30.3 Å². The number of nitrogens with zero attached hydrogens (tertiary/aromatic N) is 1. The number of halogens is 5. The first-order chi connectivity index (χ1) is 15.0. The van der Waals surface area contributed by atoms with Crippen LogP contribution in [0.25, 0.3) is 0 Å². The molecule has 2 aromatic carbocycles. The zero-order valence-electron chi connectivity index (χ0n) is 15.7. The fourth-order valence-electron chi connectivity index (χ4n) is 2.52. The maximum Gasteiger partial charge on any atom is 0.418 e. The second kappa shape index (κ2) is 9.10. The average Bonchev–Trinajstić information content (AvgIpc) is 2.71. The van der Waals surface area contributed by atoms with E-state index >= 15 is 0 Å². The SMILES string of the molecule is O=C(Nc1ccc(Oc2ccnc(C(=O)O)c2)cc1F)Nc1ccc(Cl)cc1C(F)(F)F. The molecule has 7 nitrogen and oxygen atoms in total. The molecule has 0 radical (unpaired) electrons. The minimum absolute atomic E-state index is 0.0203. The van der Waals surface area contributed by atoms with Gasteiger partial charge in [-0.25, -0.2) is 19.0 Å². The van der Waals surface area contributed by atoms with Crippen molar-refractivity contribution in [3.63, 3.8) is 0 Å². The number of aromatic nitrogens is 1. The van der Waals surface area contributed by atoms with Crippen LogP contribution in [0.5, 0.6) is 11.5 Å². The Labute approximate surface area is 182 Å². The topological polar surface area (TPSA) is 101 Å². The normalized spacial score (nSPS) is 11.0. The number of anilines is 2. The number of rotatable bonds is 5. The summed E-state index contributed by atoms with van der Waals surface area (Å²) < 4.78 is 59.1. The van der Waals surface area contributed by atoms with Crippen LogP contribution in [0.3, 0.4) is 0 Å². The van der Waals surface area contributed by atoms with Gasteiger partial charge in [0.25, 0.3) is 0 Å². The van der Waals surface area contributed by atoms with Crippen molar-refractivity contribution < 1.29 is 37.0 Å². The lowest BCUT2D eigenvalue weighted by molar-refractivity contribution is -0.136. The molecule has 0 saturated carbocycles. The molecule has 3 aromatic rings. The third-order valence-electron chi connectivity index (χ3n) is 3.91. The van der Waals surface area contributed by atoms with Crippen LogP contribution in [0.15, 0.2) is 54.7 Å². The Bertz CT molecular complexity index is 1190. The summed E-state index contributed by atoms with van der Waals surface area (Å²) in [5, 5.41) is 12.9. The van der Waals surface area contributed by atoms with E-state index in [0.29, 0.717) is 6.07 Å². The number of hydrogen-bond donors (Lipinski definition) is 3. The first-order valence-electron chi connectivity index (χ1n) is 8.64. The summed E-state index contributed by atoms with van der Waals surface area (Å²) in [6.07, 6.45) is -3.58. The fraction of sp³-hybridized carbons (Fsp3) is 0.0500. The lowest BCUT2D eigenvalue weighted by Gasteiger charge is -2.15. The van der Waals surface area contributed by atoms with Gasteiger partial charge >= 0.3 is 18.2 Å². The zero-order chi connectivity index (χ0) is 23.5. The number of carboxylic acid groups (broad SMARTS) is 1. The van der Waals surface area contributed by atoms with Gasteiger partial charge in [0.1, 0.15) is 17.3 Å². The summed E-state index contributed by atoms with van der Waals surface area (Å²) in [6.45, 7) is 0. The van der Waals surface area contributed by atoms with Gasteiger partial charge in [0.05, 0.1) is 16.9 Å². The van der Waals surface area contributed by atoms with Crippen LogP contribution < -0.4 is 15.4 Å². The Morgan fingerprint density at radius 1 is 0.969 bits per heavy atom. The number of urea groups is 1. The molecule has 3 N–H and O–H groups in total. The standard InChI is InChI=1S/C20H12ClF4N3O4/c21-10-1-3-15(13(7-10)20(23,24)25)27-19(31)28-16-4-2-11(8-14(16)22)32-12-5-6-26-17(9-12)18(29)30/h1-9H,(H,29,30)(H2,27,28,31). The third kappa shape index (κ3) is 5.64. The zero-order valence-corrected chi connectivity index (χ0v) is 16.5. The molecular formula is C20H12ClF4N3O4. The van der Waals surface area contributed by atoms with Crippen molar-refractivity contribution in [3.05, 3.63) is 76.8 Å². The summed E-state index contributed by atoms with van der Waals surface area (Å²) >= 11 is 5.58. The molecule has 3 rings (SSSR count). The van der Waals surface area contributed by atoms with E-state index in [9.17, 15) is 27.2 Å². The number of ether oxygens (including phenoxy) is 1. The molecular weight excluding hydrogens is 458 g/mol. The molecule has 0 atom stereocenters. The van der Waals surface area contributed by atoms with E-state index < -0.39 is 35.2 Å². The Hall–Kier alpha value is -3.86. The second-order valence-electron chi connectivity index (χ2n) is 6.19. The smallest absolute Gasteiger partial charge is 0.418 e. The van der Waals surface area contributed by atoms with E-state index in [1.807, 2.05) is 5.32 Å². The minimum atomic E-state index is -4.77. The van der Waals surface area contributed by atoms with Crippen molar-refractivity contribution in [2.75, 3.05) is 10.6 Å². The van der Waals surface area contributed by atoms with E-state index in [4.69, 9.17) is 21.4 Å². The van der Waals surface area contributed by atoms with Gasteiger partial charge in [-0.1, -0.05) is 11.6 Å².